The van der Waals surface area contributed by atoms with Crippen molar-refractivity contribution in [2.24, 2.45) is 10.9 Å². The Morgan fingerprint density at radius 3 is 2.40 bits per heavy atom. The Balaban J connectivity index is 2.21. The number of piperidine rings is 1. The second-order valence-corrected chi connectivity index (χ2v) is 6.40. The second-order valence-electron chi connectivity index (χ2n) is 6.40. The molecule has 1 aliphatic heterocycles. The van der Waals surface area contributed by atoms with E-state index in [1.165, 1.54) is 12.8 Å². The minimum absolute atomic E-state index is 0.559. The van der Waals surface area contributed by atoms with Crippen molar-refractivity contribution in [2.75, 3.05) is 41.0 Å². The van der Waals surface area contributed by atoms with Crippen LogP contribution in [0.4, 0.5) is 0 Å². The number of methoxy groups -OCH3 is 3. The lowest BCUT2D eigenvalue weighted by atomic mass is 10.0. The summed E-state index contributed by atoms with van der Waals surface area (Å²) in [6, 6.07) is 3.90. The number of benzene rings is 1. The number of hydrogen-bond acceptors (Lipinski definition) is 4. The lowest BCUT2D eigenvalue weighted by Gasteiger charge is -2.33. The number of ether oxygens (including phenoxy) is 3. The first kappa shape index (κ1) is 19.2. The minimum atomic E-state index is 0.559. The van der Waals surface area contributed by atoms with E-state index in [9.17, 15) is 0 Å². The Morgan fingerprint density at radius 2 is 1.88 bits per heavy atom. The van der Waals surface area contributed by atoms with Gasteiger partial charge in [-0.2, -0.15) is 0 Å². The molecule has 0 spiro atoms. The summed E-state index contributed by atoms with van der Waals surface area (Å²) in [6.45, 7) is 7.94. The number of likely N-dealkylation sites (tertiary alicyclic amines) is 1. The second kappa shape index (κ2) is 9.39. The van der Waals surface area contributed by atoms with Crippen LogP contribution in [-0.2, 0) is 6.54 Å². The summed E-state index contributed by atoms with van der Waals surface area (Å²) in [5.74, 6) is 3.60. The van der Waals surface area contributed by atoms with Gasteiger partial charge in [0.2, 0.25) is 5.75 Å². The highest BCUT2D eigenvalue weighted by molar-refractivity contribution is 5.80. The van der Waals surface area contributed by atoms with Gasteiger partial charge < -0.3 is 24.4 Å². The Bertz CT molecular complexity index is 564. The highest BCUT2D eigenvalue weighted by atomic mass is 16.5. The number of hydrogen-bond donors (Lipinski definition) is 1. The molecule has 6 heteroatoms. The van der Waals surface area contributed by atoms with Crippen LogP contribution in [0.3, 0.4) is 0 Å². The standard InChI is InChI=1S/C19H31N3O3/c1-6-20-19(22-9-7-8-14(2)13-22)21-12-15-10-16(23-3)18(25-5)17(11-15)24-4/h10-11,14H,6-9,12-13H2,1-5H3,(H,20,21). The molecular weight excluding hydrogens is 318 g/mol. The molecule has 1 heterocycles. The van der Waals surface area contributed by atoms with E-state index in [4.69, 9.17) is 19.2 Å². The molecule has 0 radical (unpaired) electrons. The number of rotatable bonds is 6. The van der Waals surface area contributed by atoms with E-state index in [1.54, 1.807) is 21.3 Å². The molecule has 1 saturated heterocycles. The Hall–Kier alpha value is -2.11. The van der Waals surface area contributed by atoms with Crippen molar-refractivity contribution in [1.29, 1.82) is 0 Å². The van der Waals surface area contributed by atoms with Crippen LogP contribution in [0.1, 0.15) is 32.3 Å². The van der Waals surface area contributed by atoms with E-state index in [-0.39, 0.29) is 0 Å². The largest absolute Gasteiger partial charge is 0.493 e. The van der Waals surface area contributed by atoms with Gasteiger partial charge in [-0.05, 0) is 43.4 Å². The molecule has 2 rings (SSSR count). The van der Waals surface area contributed by atoms with Crippen molar-refractivity contribution in [3.63, 3.8) is 0 Å². The van der Waals surface area contributed by atoms with Crippen LogP contribution in [-0.4, -0.2) is 51.8 Å². The zero-order valence-corrected chi connectivity index (χ0v) is 16.1. The summed E-state index contributed by atoms with van der Waals surface area (Å²) in [5, 5.41) is 3.41. The molecule has 0 amide bonds. The van der Waals surface area contributed by atoms with Gasteiger partial charge >= 0.3 is 0 Å². The van der Waals surface area contributed by atoms with Gasteiger partial charge in [-0.1, -0.05) is 6.92 Å². The minimum Gasteiger partial charge on any atom is -0.493 e. The van der Waals surface area contributed by atoms with Crippen LogP contribution < -0.4 is 19.5 Å². The molecule has 0 aromatic heterocycles. The quantitative estimate of drug-likeness (QED) is 0.632. The number of guanidine groups is 1. The lowest BCUT2D eigenvalue weighted by molar-refractivity contribution is 0.266. The van der Waals surface area contributed by atoms with E-state index in [0.29, 0.717) is 29.7 Å². The zero-order valence-electron chi connectivity index (χ0n) is 16.1. The van der Waals surface area contributed by atoms with Crippen LogP contribution in [0.15, 0.2) is 17.1 Å². The first-order valence-electron chi connectivity index (χ1n) is 8.95. The molecule has 1 aromatic rings. The van der Waals surface area contributed by atoms with Crippen molar-refractivity contribution < 1.29 is 14.2 Å². The molecule has 1 aliphatic rings. The summed E-state index contributed by atoms with van der Waals surface area (Å²) in [7, 11) is 4.87. The number of nitrogens with zero attached hydrogens (tertiary/aromatic N) is 2. The van der Waals surface area contributed by atoms with Gasteiger partial charge in [-0.25, -0.2) is 4.99 Å². The molecule has 140 valence electrons. The smallest absolute Gasteiger partial charge is 0.203 e. The maximum absolute atomic E-state index is 5.42. The molecular formula is C19H31N3O3. The van der Waals surface area contributed by atoms with Gasteiger partial charge in [0.15, 0.2) is 17.5 Å². The van der Waals surface area contributed by atoms with Gasteiger partial charge in [-0.3, -0.25) is 0 Å². The normalized spacial score (nSPS) is 18.0. The fourth-order valence-corrected chi connectivity index (χ4v) is 3.20. The SMILES string of the molecule is CCNC(=NCc1cc(OC)c(OC)c(OC)c1)N1CCCC(C)C1. The molecule has 1 atom stereocenters. The molecule has 1 unspecified atom stereocenters. The van der Waals surface area contributed by atoms with Gasteiger partial charge in [0.1, 0.15) is 0 Å². The van der Waals surface area contributed by atoms with Crippen LogP contribution in [0.5, 0.6) is 17.2 Å². The summed E-state index contributed by atoms with van der Waals surface area (Å²) in [4.78, 5) is 7.18. The highest BCUT2D eigenvalue weighted by Gasteiger charge is 2.19. The first-order chi connectivity index (χ1) is 12.1. The third-order valence-electron chi connectivity index (χ3n) is 4.43. The summed E-state index contributed by atoms with van der Waals surface area (Å²) < 4.78 is 16.2. The summed E-state index contributed by atoms with van der Waals surface area (Å²) in [6.07, 6.45) is 2.51. The lowest BCUT2D eigenvalue weighted by Crippen LogP contribution is -2.46. The van der Waals surface area contributed by atoms with Crippen LogP contribution >= 0.6 is 0 Å². The summed E-state index contributed by atoms with van der Waals surface area (Å²) >= 11 is 0. The van der Waals surface area contributed by atoms with Crippen molar-refractivity contribution >= 4 is 5.96 Å². The molecule has 6 nitrogen and oxygen atoms in total. The Morgan fingerprint density at radius 1 is 1.20 bits per heavy atom. The monoisotopic (exact) mass is 349 g/mol. The van der Waals surface area contributed by atoms with E-state index in [0.717, 1.165) is 31.2 Å². The molecule has 25 heavy (non-hydrogen) atoms. The van der Waals surface area contributed by atoms with Gasteiger partial charge in [0.05, 0.1) is 27.9 Å². The predicted octanol–water partition coefficient (Wildman–Crippen LogP) is 2.91. The first-order valence-corrected chi connectivity index (χ1v) is 8.95. The topological polar surface area (TPSA) is 55.3 Å². The van der Waals surface area contributed by atoms with Gasteiger partial charge in [0, 0.05) is 19.6 Å². The maximum Gasteiger partial charge on any atom is 0.203 e. The third kappa shape index (κ3) is 4.94. The predicted molar refractivity (Wildman–Crippen MR) is 101 cm³/mol. The van der Waals surface area contributed by atoms with E-state index in [2.05, 4.69) is 24.1 Å². The average molecular weight is 349 g/mol. The van der Waals surface area contributed by atoms with Gasteiger partial charge in [-0.15, -0.1) is 0 Å². The van der Waals surface area contributed by atoms with E-state index >= 15 is 0 Å². The fourth-order valence-electron chi connectivity index (χ4n) is 3.20. The summed E-state index contributed by atoms with van der Waals surface area (Å²) in [5.41, 5.74) is 1.02. The fraction of sp³-hybridized carbons (Fsp3) is 0.632. The zero-order chi connectivity index (χ0) is 18.2. The molecule has 1 fully saturated rings. The number of nitrogens with one attached hydrogen (secondary N) is 1. The van der Waals surface area contributed by atoms with Crippen molar-refractivity contribution in [1.82, 2.24) is 10.2 Å². The number of aliphatic imine (C=N–C) groups is 1. The van der Waals surface area contributed by atoms with Crippen LogP contribution in [0.2, 0.25) is 0 Å². The Kier molecular flexibility index (Phi) is 7.22. The highest BCUT2D eigenvalue weighted by Crippen LogP contribution is 2.38. The molecule has 1 N–H and O–H groups in total. The van der Waals surface area contributed by atoms with Crippen LogP contribution in [0, 0.1) is 5.92 Å². The van der Waals surface area contributed by atoms with E-state index < -0.39 is 0 Å². The van der Waals surface area contributed by atoms with E-state index in [1.807, 2.05) is 12.1 Å². The van der Waals surface area contributed by atoms with Gasteiger partial charge in [0.25, 0.3) is 0 Å². The maximum atomic E-state index is 5.42. The van der Waals surface area contributed by atoms with Crippen molar-refractivity contribution in [3.8, 4) is 17.2 Å². The molecule has 0 saturated carbocycles. The molecule has 0 aliphatic carbocycles. The average Bonchev–Trinajstić information content (AvgIpc) is 2.64. The third-order valence-corrected chi connectivity index (χ3v) is 4.43. The Labute approximate surface area is 151 Å². The molecule has 1 aromatic carbocycles. The molecule has 0 bridgehead atoms. The van der Waals surface area contributed by atoms with Crippen molar-refractivity contribution in [3.05, 3.63) is 17.7 Å². The van der Waals surface area contributed by atoms with Crippen molar-refractivity contribution in [2.45, 2.75) is 33.2 Å². The van der Waals surface area contributed by atoms with Crippen LogP contribution in [0.25, 0.3) is 0 Å².